The number of nitrogens with one attached hydrogen (secondary N) is 3. The summed E-state index contributed by atoms with van der Waals surface area (Å²) >= 11 is 0. The molecule has 1 rings (SSSR count). The molecule has 0 spiro atoms. The summed E-state index contributed by atoms with van der Waals surface area (Å²) in [5.74, 6) is 5.07. The van der Waals surface area contributed by atoms with Crippen molar-refractivity contribution in [3.8, 4) is 0 Å². The van der Waals surface area contributed by atoms with E-state index in [0.717, 1.165) is 0 Å². The van der Waals surface area contributed by atoms with Crippen LogP contribution in [-0.4, -0.2) is 26.4 Å². The lowest BCUT2D eigenvalue weighted by atomic mass is 10.1. The van der Waals surface area contributed by atoms with Crippen LogP contribution in [0.4, 0.5) is 5.69 Å². The maximum Gasteiger partial charge on any atom is 0.242 e. The summed E-state index contributed by atoms with van der Waals surface area (Å²) in [6, 6.07) is 6.26. The fourth-order valence-electron chi connectivity index (χ4n) is 1.68. The van der Waals surface area contributed by atoms with Gasteiger partial charge in [-0.1, -0.05) is 12.1 Å². The standard InChI is InChI=1S/C13H22N4O3S/c1-13(2,3)16-12(18)8-9-15-21(19,20)11-7-5-4-6-10(11)17-14/h4-7,15,17H,8-9,14H2,1-3H3,(H,16,18). The second kappa shape index (κ2) is 6.88. The number of nitrogen functional groups attached to an aromatic ring is 1. The van der Waals surface area contributed by atoms with Crippen molar-refractivity contribution in [2.75, 3.05) is 12.0 Å². The van der Waals surface area contributed by atoms with Crippen LogP contribution in [0.5, 0.6) is 0 Å². The summed E-state index contributed by atoms with van der Waals surface area (Å²) in [6.45, 7) is 5.60. The number of hydrazine groups is 1. The van der Waals surface area contributed by atoms with Gasteiger partial charge in [0.1, 0.15) is 4.90 Å². The summed E-state index contributed by atoms with van der Waals surface area (Å²) in [4.78, 5) is 11.7. The Morgan fingerprint density at radius 3 is 2.43 bits per heavy atom. The second-order valence-electron chi connectivity index (χ2n) is 5.59. The van der Waals surface area contributed by atoms with E-state index >= 15 is 0 Å². The molecule has 0 unspecified atom stereocenters. The van der Waals surface area contributed by atoms with Gasteiger partial charge in [-0.05, 0) is 32.9 Å². The fourth-order valence-corrected chi connectivity index (χ4v) is 2.88. The summed E-state index contributed by atoms with van der Waals surface area (Å²) < 4.78 is 26.7. The first-order chi connectivity index (χ1) is 9.65. The highest BCUT2D eigenvalue weighted by Gasteiger charge is 2.18. The molecular formula is C13H22N4O3S. The van der Waals surface area contributed by atoms with E-state index in [4.69, 9.17) is 5.84 Å². The van der Waals surface area contributed by atoms with Gasteiger partial charge < -0.3 is 10.7 Å². The predicted octanol–water partition coefficient (Wildman–Crippen LogP) is 0.555. The Bertz CT molecular complexity index is 594. The summed E-state index contributed by atoms with van der Waals surface area (Å²) in [5, 5.41) is 2.76. The number of sulfonamides is 1. The van der Waals surface area contributed by atoms with E-state index in [1.807, 2.05) is 20.8 Å². The number of carbonyl (C=O) groups excluding carboxylic acids is 1. The van der Waals surface area contributed by atoms with E-state index in [1.54, 1.807) is 18.2 Å². The largest absolute Gasteiger partial charge is 0.351 e. The minimum atomic E-state index is -3.71. The Morgan fingerprint density at radius 2 is 1.86 bits per heavy atom. The quantitative estimate of drug-likeness (QED) is 0.452. The van der Waals surface area contributed by atoms with Gasteiger partial charge in [0.15, 0.2) is 0 Å². The molecule has 0 bridgehead atoms. The lowest BCUT2D eigenvalue weighted by molar-refractivity contribution is -0.122. The molecule has 0 aliphatic heterocycles. The molecule has 7 nitrogen and oxygen atoms in total. The highest BCUT2D eigenvalue weighted by molar-refractivity contribution is 7.89. The molecule has 0 aliphatic rings. The van der Waals surface area contributed by atoms with Crippen LogP contribution in [0.3, 0.4) is 0 Å². The zero-order valence-electron chi connectivity index (χ0n) is 12.4. The molecule has 0 heterocycles. The molecule has 1 aromatic rings. The predicted molar refractivity (Wildman–Crippen MR) is 82.0 cm³/mol. The maximum atomic E-state index is 12.1. The maximum absolute atomic E-state index is 12.1. The highest BCUT2D eigenvalue weighted by atomic mass is 32.2. The molecule has 0 aromatic heterocycles. The Kier molecular flexibility index (Phi) is 5.70. The van der Waals surface area contributed by atoms with Crippen LogP contribution >= 0.6 is 0 Å². The zero-order valence-corrected chi connectivity index (χ0v) is 13.3. The van der Waals surface area contributed by atoms with Crippen LogP contribution in [0.1, 0.15) is 27.2 Å². The molecule has 0 radical (unpaired) electrons. The SMILES string of the molecule is CC(C)(C)NC(=O)CCNS(=O)(=O)c1ccccc1NN. The van der Waals surface area contributed by atoms with Crippen LogP contribution < -0.4 is 21.3 Å². The van der Waals surface area contributed by atoms with Crippen molar-refractivity contribution >= 4 is 21.6 Å². The molecule has 5 N–H and O–H groups in total. The number of hydrogen-bond donors (Lipinski definition) is 4. The number of para-hydroxylation sites is 1. The lowest BCUT2D eigenvalue weighted by Gasteiger charge is -2.20. The molecule has 8 heteroatoms. The number of carbonyl (C=O) groups is 1. The van der Waals surface area contributed by atoms with Gasteiger partial charge in [0.2, 0.25) is 15.9 Å². The molecule has 1 aromatic carbocycles. The topological polar surface area (TPSA) is 113 Å². The monoisotopic (exact) mass is 314 g/mol. The van der Waals surface area contributed by atoms with Gasteiger partial charge in [-0.25, -0.2) is 13.1 Å². The van der Waals surface area contributed by atoms with Gasteiger partial charge in [0.25, 0.3) is 0 Å². The third kappa shape index (κ3) is 5.70. The van der Waals surface area contributed by atoms with Crippen LogP contribution in [0, 0.1) is 0 Å². The van der Waals surface area contributed by atoms with Crippen molar-refractivity contribution in [1.29, 1.82) is 0 Å². The molecule has 1 amide bonds. The van der Waals surface area contributed by atoms with Crippen molar-refractivity contribution in [2.45, 2.75) is 37.6 Å². The van der Waals surface area contributed by atoms with Gasteiger partial charge in [-0.15, -0.1) is 0 Å². The number of benzene rings is 1. The average molecular weight is 314 g/mol. The van der Waals surface area contributed by atoms with Crippen molar-refractivity contribution in [3.05, 3.63) is 24.3 Å². The molecule has 0 aliphatic carbocycles. The normalized spacial score (nSPS) is 12.0. The van der Waals surface area contributed by atoms with E-state index < -0.39 is 10.0 Å². The first-order valence-corrected chi connectivity index (χ1v) is 8.00. The van der Waals surface area contributed by atoms with E-state index in [0.29, 0.717) is 5.69 Å². The van der Waals surface area contributed by atoms with Crippen molar-refractivity contribution in [3.63, 3.8) is 0 Å². The fraction of sp³-hybridized carbons (Fsp3) is 0.462. The molecule has 0 atom stereocenters. The summed E-state index contributed by atoms with van der Waals surface area (Å²) in [7, 11) is -3.71. The third-order valence-corrected chi connectivity index (χ3v) is 4.01. The summed E-state index contributed by atoms with van der Waals surface area (Å²) in [6.07, 6.45) is 0.0642. The minimum Gasteiger partial charge on any atom is -0.351 e. The number of nitrogens with two attached hydrogens (primary N) is 1. The molecule has 0 saturated carbocycles. The minimum absolute atomic E-state index is 0.0170. The van der Waals surface area contributed by atoms with E-state index in [2.05, 4.69) is 15.5 Å². The van der Waals surface area contributed by atoms with E-state index in [-0.39, 0.29) is 29.3 Å². The number of anilines is 1. The van der Waals surface area contributed by atoms with E-state index in [1.165, 1.54) is 6.07 Å². The molecule has 118 valence electrons. The van der Waals surface area contributed by atoms with Crippen molar-refractivity contribution in [2.24, 2.45) is 5.84 Å². The molecular weight excluding hydrogens is 292 g/mol. The molecule has 0 saturated heterocycles. The first kappa shape index (κ1) is 17.4. The second-order valence-corrected chi connectivity index (χ2v) is 7.32. The molecule has 21 heavy (non-hydrogen) atoms. The zero-order chi connectivity index (χ0) is 16.1. The van der Waals surface area contributed by atoms with E-state index in [9.17, 15) is 13.2 Å². The Hall–Kier alpha value is -1.64. The van der Waals surface area contributed by atoms with Gasteiger partial charge in [-0.3, -0.25) is 10.6 Å². The third-order valence-electron chi connectivity index (χ3n) is 2.49. The number of amides is 1. The van der Waals surface area contributed by atoms with Crippen molar-refractivity contribution in [1.82, 2.24) is 10.0 Å². The van der Waals surface area contributed by atoms with Crippen LogP contribution in [0.2, 0.25) is 0 Å². The van der Waals surface area contributed by atoms with Gasteiger partial charge in [0, 0.05) is 18.5 Å². The number of hydrogen-bond acceptors (Lipinski definition) is 5. The summed E-state index contributed by atoms with van der Waals surface area (Å²) in [5.41, 5.74) is 2.29. The Labute approximate surface area is 125 Å². The van der Waals surface area contributed by atoms with Crippen LogP contribution in [-0.2, 0) is 14.8 Å². The first-order valence-electron chi connectivity index (χ1n) is 6.52. The van der Waals surface area contributed by atoms with Gasteiger partial charge in [-0.2, -0.15) is 0 Å². The van der Waals surface area contributed by atoms with Crippen LogP contribution in [0.15, 0.2) is 29.2 Å². The molecule has 0 fully saturated rings. The Morgan fingerprint density at radius 1 is 1.24 bits per heavy atom. The van der Waals surface area contributed by atoms with Crippen molar-refractivity contribution < 1.29 is 13.2 Å². The van der Waals surface area contributed by atoms with Gasteiger partial charge in [0.05, 0.1) is 5.69 Å². The highest BCUT2D eigenvalue weighted by Crippen LogP contribution is 2.19. The Balaban J connectivity index is 2.64. The smallest absolute Gasteiger partial charge is 0.242 e. The number of rotatable bonds is 6. The van der Waals surface area contributed by atoms with Gasteiger partial charge >= 0.3 is 0 Å². The average Bonchev–Trinajstić information content (AvgIpc) is 2.36. The van der Waals surface area contributed by atoms with Crippen LogP contribution in [0.25, 0.3) is 0 Å². The lowest BCUT2D eigenvalue weighted by Crippen LogP contribution is -2.42.